The summed E-state index contributed by atoms with van der Waals surface area (Å²) in [7, 11) is 0. The van der Waals surface area contributed by atoms with Gasteiger partial charge in [-0.25, -0.2) is 0 Å². The van der Waals surface area contributed by atoms with Crippen LogP contribution in [0.15, 0.2) is 0 Å². The molecule has 1 saturated heterocycles. The monoisotopic (exact) mass is 139 g/mol. The molecule has 10 heavy (non-hydrogen) atoms. The molecule has 2 nitrogen and oxygen atoms in total. The van der Waals surface area contributed by atoms with Gasteiger partial charge in [-0.3, -0.25) is 0 Å². The molecule has 56 valence electrons. The van der Waals surface area contributed by atoms with E-state index in [-0.39, 0.29) is 5.41 Å². The molecular weight excluding hydrogens is 126 g/mol. The molecule has 1 atom stereocenters. The topological polar surface area (TPSA) is 33.0 Å². The van der Waals surface area contributed by atoms with E-state index in [9.17, 15) is 0 Å². The lowest BCUT2D eigenvalue weighted by molar-refractivity contribution is 0.139. The Morgan fingerprint density at radius 2 is 2.20 bits per heavy atom. The van der Waals surface area contributed by atoms with Crippen molar-refractivity contribution in [3.63, 3.8) is 0 Å². The Bertz CT molecular complexity index is 140. The largest absolute Gasteiger partial charge is 0.381 e. The van der Waals surface area contributed by atoms with Gasteiger partial charge in [0.25, 0.3) is 0 Å². The van der Waals surface area contributed by atoms with Gasteiger partial charge in [0.05, 0.1) is 11.5 Å². The Labute approximate surface area is 61.8 Å². The second-order valence-electron chi connectivity index (χ2n) is 3.14. The Kier molecular flexibility index (Phi) is 2.29. The van der Waals surface area contributed by atoms with Gasteiger partial charge in [-0.1, -0.05) is 0 Å². The molecule has 1 aliphatic rings. The summed E-state index contributed by atoms with van der Waals surface area (Å²) in [5, 5.41) is 8.77. The third-order valence-electron chi connectivity index (χ3n) is 2.09. The van der Waals surface area contributed by atoms with E-state index in [4.69, 9.17) is 10.00 Å². The van der Waals surface area contributed by atoms with Crippen molar-refractivity contribution in [3.05, 3.63) is 0 Å². The fourth-order valence-electron chi connectivity index (χ4n) is 1.20. The lowest BCUT2D eigenvalue weighted by Crippen LogP contribution is -2.13. The molecule has 1 heterocycles. The molecule has 0 aromatic carbocycles. The number of nitriles is 1. The van der Waals surface area contributed by atoms with Gasteiger partial charge >= 0.3 is 0 Å². The van der Waals surface area contributed by atoms with Gasteiger partial charge in [-0.15, -0.1) is 0 Å². The molecule has 0 spiro atoms. The Morgan fingerprint density at radius 3 is 2.90 bits per heavy atom. The van der Waals surface area contributed by atoms with Crippen molar-refractivity contribution in [3.8, 4) is 6.07 Å². The van der Waals surface area contributed by atoms with Crippen LogP contribution in [0, 0.1) is 16.7 Å². The van der Waals surface area contributed by atoms with Gasteiger partial charge < -0.3 is 4.74 Å². The lowest BCUT2D eigenvalue weighted by Gasteiger charge is -2.16. The normalized spacial score (nSPS) is 34.4. The molecule has 1 aliphatic heterocycles. The summed E-state index contributed by atoms with van der Waals surface area (Å²) in [4.78, 5) is 0. The fraction of sp³-hybridized carbons (Fsp3) is 0.875. The maximum Gasteiger partial charge on any atom is 0.0687 e. The van der Waals surface area contributed by atoms with Crippen molar-refractivity contribution in [2.24, 2.45) is 5.41 Å². The molecule has 0 saturated carbocycles. The molecule has 0 radical (unpaired) electrons. The minimum Gasteiger partial charge on any atom is -0.381 e. The number of rotatable bonds is 0. The van der Waals surface area contributed by atoms with Gasteiger partial charge in [0.1, 0.15) is 0 Å². The summed E-state index contributed by atoms with van der Waals surface area (Å²) < 4.78 is 5.24. The molecule has 1 rings (SSSR count). The third-order valence-corrected chi connectivity index (χ3v) is 2.09. The van der Waals surface area contributed by atoms with Crippen molar-refractivity contribution < 1.29 is 4.74 Å². The van der Waals surface area contributed by atoms with E-state index < -0.39 is 0 Å². The van der Waals surface area contributed by atoms with Gasteiger partial charge in [-0.2, -0.15) is 5.26 Å². The molecular formula is C8H13NO. The first kappa shape index (κ1) is 7.56. The van der Waals surface area contributed by atoms with E-state index in [0.717, 1.165) is 32.5 Å². The summed E-state index contributed by atoms with van der Waals surface area (Å²) >= 11 is 0. The number of nitrogens with zero attached hydrogens (tertiary/aromatic N) is 1. The van der Waals surface area contributed by atoms with E-state index >= 15 is 0 Å². The van der Waals surface area contributed by atoms with Crippen LogP contribution in [0.25, 0.3) is 0 Å². The van der Waals surface area contributed by atoms with Crippen molar-refractivity contribution in [1.29, 1.82) is 5.26 Å². The number of hydrogen-bond donors (Lipinski definition) is 0. The van der Waals surface area contributed by atoms with Gasteiger partial charge in [0.15, 0.2) is 0 Å². The Balaban J connectivity index is 2.51. The van der Waals surface area contributed by atoms with Crippen LogP contribution < -0.4 is 0 Å². The van der Waals surface area contributed by atoms with Crippen LogP contribution in [-0.4, -0.2) is 13.2 Å². The van der Waals surface area contributed by atoms with Crippen molar-refractivity contribution in [2.75, 3.05) is 13.2 Å². The molecule has 0 N–H and O–H groups in total. The van der Waals surface area contributed by atoms with E-state index in [0.29, 0.717) is 0 Å². The summed E-state index contributed by atoms with van der Waals surface area (Å²) in [6, 6.07) is 2.34. The molecule has 0 aliphatic carbocycles. The van der Waals surface area contributed by atoms with E-state index in [2.05, 4.69) is 6.07 Å². The average Bonchev–Trinajstić information content (AvgIpc) is 2.15. The summed E-state index contributed by atoms with van der Waals surface area (Å²) in [5.41, 5.74) is -0.115. The SMILES string of the molecule is C[C@@]1(C#N)CCCOCC1. The van der Waals surface area contributed by atoms with Crippen LogP contribution >= 0.6 is 0 Å². The van der Waals surface area contributed by atoms with E-state index in [1.54, 1.807) is 0 Å². The molecule has 2 heteroatoms. The predicted molar refractivity (Wildman–Crippen MR) is 38.4 cm³/mol. The van der Waals surface area contributed by atoms with Crippen LogP contribution in [-0.2, 0) is 4.74 Å². The zero-order valence-corrected chi connectivity index (χ0v) is 6.39. The highest BCUT2D eigenvalue weighted by Crippen LogP contribution is 2.28. The fourth-order valence-corrected chi connectivity index (χ4v) is 1.20. The van der Waals surface area contributed by atoms with Crippen LogP contribution in [0.2, 0.25) is 0 Å². The summed E-state index contributed by atoms with van der Waals surface area (Å²) in [5.74, 6) is 0. The van der Waals surface area contributed by atoms with Crippen LogP contribution in [0.5, 0.6) is 0 Å². The standard InChI is InChI=1S/C8H13NO/c1-8(7-9)3-2-5-10-6-4-8/h2-6H2,1H3/t8-/m1/s1. The molecule has 1 fully saturated rings. The minimum atomic E-state index is -0.115. The van der Waals surface area contributed by atoms with Crippen molar-refractivity contribution >= 4 is 0 Å². The van der Waals surface area contributed by atoms with Crippen molar-refractivity contribution in [1.82, 2.24) is 0 Å². The Morgan fingerprint density at radius 1 is 1.40 bits per heavy atom. The van der Waals surface area contributed by atoms with E-state index in [1.165, 1.54) is 0 Å². The summed E-state index contributed by atoms with van der Waals surface area (Å²) in [6.07, 6.45) is 2.91. The molecule has 0 unspecified atom stereocenters. The lowest BCUT2D eigenvalue weighted by atomic mass is 9.85. The van der Waals surface area contributed by atoms with Crippen LogP contribution in [0.1, 0.15) is 26.2 Å². The first-order valence-electron chi connectivity index (χ1n) is 3.76. The highest BCUT2D eigenvalue weighted by molar-refractivity contribution is 4.95. The van der Waals surface area contributed by atoms with Gasteiger partial charge in [-0.05, 0) is 26.2 Å². The van der Waals surface area contributed by atoms with E-state index in [1.807, 2.05) is 6.92 Å². The van der Waals surface area contributed by atoms with Gasteiger partial charge in [0.2, 0.25) is 0 Å². The van der Waals surface area contributed by atoms with Gasteiger partial charge in [0, 0.05) is 13.2 Å². The van der Waals surface area contributed by atoms with Crippen LogP contribution in [0.4, 0.5) is 0 Å². The minimum absolute atomic E-state index is 0.115. The quantitative estimate of drug-likeness (QED) is 0.512. The third kappa shape index (κ3) is 1.71. The maximum absolute atomic E-state index is 8.77. The maximum atomic E-state index is 8.77. The van der Waals surface area contributed by atoms with Crippen LogP contribution in [0.3, 0.4) is 0 Å². The summed E-state index contributed by atoms with van der Waals surface area (Å²) in [6.45, 7) is 3.60. The Hall–Kier alpha value is -0.550. The zero-order chi connectivity index (χ0) is 7.45. The molecule has 0 amide bonds. The predicted octanol–water partition coefficient (Wildman–Crippen LogP) is 1.72. The first-order chi connectivity index (χ1) is 4.77. The first-order valence-corrected chi connectivity index (χ1v) is 3.76. The molecule has 0 aromatic heterocycles. The molecule has 0 aromatic rings. The highest BCUT2D eigenvalue weighted by Gasteiger charge is 2.24. The molecule has 0 bridgehead atoms. The number of ether oxygens (including phenoxy) is 1. The highest BCUT2D eigenvalue weighted by atomic mass is 16.5. The number of hydrogen-bond acceptors (Lipinski definition) is 2. The average molecular weight is 139 g/mol. The smallest absolute Gasteiger partial charge is 0.0687 e. The second-order valence-corrected chi connectivity index (χ2v) is 3.14. The van der Waals surface area contributed by atoms with Crippen molar-refractivity contribution in [2.45, 2.75) is 26.2 Å². The second kappa shape index (κ2) is 3.03. The zero-order valence-electron chi connectivity index (χ0n) is 6.39.